The predicted molar refractivity (Wildman–Crippen MR) is 89.5 cm³/mol. The molecule has 1 rings (SSSR count). The van der Waals surface area contributed by atoms with E-state index in [4.69, 9.17) is 11.6 Å². The molecule has 0 aliphatic heterocycles. The van der Waals surface area contributed by atoms with Crippen molar-refractivity contribution in [3.63, 3.8) is 0 Å². The SMILES string of the molecule is CSCCC(C)N(C)S(=O)(=O)c1cc(Cl)cc(CO)c1C. The first-order valence-electron chi connectivity index (χ1n) is 6.62. The van der Waals surface area contributed by atoms with Crippen LogP contribution in [-0.2, 0) is 16.6 Å². The monoisotopic (exact) mass is 351 g/mol. The Morgan fingerprint density at radius 2 is 2.05 bits per heavy atom. The van der Waals surface area contributed by atoms with Gasteiger partial charge in [-0.1, -0.05) is 11.6 Å². The quantitative estimate of drug-likeness (QED) is 0.820. The first-order valence-corrected chi connectivity index (χ1v) is 9.83. The summed E-state index contributed by atoms with van der Waals surface area (Å²) in [7, 11) is -2.04. The first-order chi connectivity index (χ1) is 9.75. The number of sulfonamides is 1. The Balaban J connectivity index is 3.21. The number of thioether (sulfide) groups is 1. The summed E-state index contributed by atoms with van der Waals surface area (Å²) in [6.45, 7) is 3.34. The van der Waals surface area contributed by atoms with Crippen molar-refractivity contribution in [1.82, 2.24) is 4.31 Å². The van der Waals surface area contributed by atoms with Crippen molar-refractivity contribution in [2.45, 2.75) is 37.8 Å². The number of aliphatic hydroxyl groups excluding tert-OH is 1. The summed E-state index contributed by atoms with van der Waals surface area (Å²) in [6, 6.07) is 2.94. The van der Waals surface area contributed by atoms with Crippen molar-refractivity contribution >= 4 is 33.4 Å². The molecule has 0 aliphatic rings. The minimum Gasteiger partial charge on any atom is -0.392 e. The molecule has 7 heteroatoms. The van der Waals surface area contributed by atoms with Crippen LogP contribution in [0.4, 0.5) is 0 Å². The molecule has 0 heterocycles. The Morgan fingerprint density at radius 1 is 1.43 bits per heavy atom. The topological polar surface area (TPSA) is 57.6 Å². The van der Waals surface area contributed by atoms with E-state index in [1.54, 1.807) is 31.8 Å². The summed E-state index contributed by atoms with van der Waals surface area (Å²) in [4.78, 5) is 0.164. The Kier molecular flexibility index (Phi) is 7.00. The zero-order valence-electron chi connectivity index (χ0n) is 12.8. The van der Waals surface area contributed by atoms with E-state index in [2.05, 4.69) is 0 Å². The molecule has 0 saturated carbocycles. The van der Waals surface area contributed by atoms with Crippen LogP contribution in [-0.4, -0.2) is 42.9 Å². The van der Waals surface area contributed by atoms with Gasteiger partial charge in [-0.3, -0.25) is 0 Å². The van der Waals surface area contributed by atoms with Crippen LogP contribution in [0.3, 0.4) is 0 Å². The van der Waals surface area contributed by atoms with E-state index >= 15 is 0 Å². The van der Waals surface area contributed by atoms with Gasteiger partial charge >= 0.3 is 0 Å². The van der Waals surface area contributed by atoms with Crippen LogP contribution in [0.25, 0.3) is 0 Å². The largest absolute Gasteiger partial charge is 0.392 e. The fourth-order valence-electron chi connectivity index (χ4n) is 2.00. The summed E-state index contributed by atoms with van der Waals surface area (Å²) < 4.78 is 26.9. The van der Waals surface area contributed by atoms with Gasteiger partial charge in [0.15, 0.2) is 0 Å². The molecule has 0 aromatic heterocycles. The van der Waals surface area contributed by atoms with Crippen molar-refractivity contribution in [2.24, 2.45) is 0 Å². The lowest BCUT2D eigenvalue weighted by Gasteiger charge is -2.25. The predicted octanol–water partition coefficient (Wildman–Crippen LogP) is 2.90. The number of rotatable bonds is 7. The minimum atomic E-state index is -3.63. The van der Waals surface area contributed by atoms with Crippen molar-refractivity contribution in [1.29, 1.82) is 0 Å². The average Bonchev–Trinajstić information content (AvgIpc) is 2.45. The van der Waals surface area contributed by atoms with E-state index in [9.17, 15) is 13.5 Å². The van der Waals surface area contributed by atoms with Crippen LogP contribution in [0.15, 0.2) is 17.0 Å². The molecule has 4 nitrogen and oxygen atoms in total. The molecule has 0 radical (unpaired) electrons. The van der Waals surface area contributed by atoms with Crippen molar-refractivity contribution < 1.29 is 13.5 Å². The maximum atomic E-state index is 12.8. The molecule has 1 N–H and O–H groups in total. The highest BCUT2D eigenvalue weighted by atomic mass is 35.5. The third kappa shape index (κ3) is 4.36. The molecule has 1 aromatic rings. The molecule has 0 fully saturated rings. The van der Waals surface area contributed by atoms with Gasteiger partial charge in [0.2, 0.25) is 10.0 Å². The van der Waals surface area contributed by atoms with Gasteiger partial charge in [0.1, 0.15) is 0 Å². The minimum absolute atomic E-state index is 0.0987. The van der Waals surface area contributed by atoms with E-state index in [-0.39, 0.29) is 17.5 Å². The smallest absolute Gasteiger partial charge is 0.243 e. The van der Waals surface area contributed by atoms with Gasteiger partial charge in [-0.25, -0.2) is 8.42 Å². The molecule has 0 saturated heterocycles. The van der Waals surface area contributed by atoms with Crippen LogP contribution in [0.1, 0.15) is 24.5 Å². The number of benzene rings is 1. The van der Waals surface area contributed by atoms with Gasteiger partial charge in [0.05, 0.1) is 11.5 Å². The molecule has 0 amide bonds. The molecular weight excluding hydrogens is 330 g/mol. The van der Waals surface area contributed by atoms with Gasteiger partial charge in [-0.15, -0.1) is 0 Å². The average molecular weight is 352 g/mol. The van der Waals surface area contributed by atoms with Crippen LogP contribution < -0.4 is 0 Å². The van der Waals surface area contributed by atoms with Gasteiger partial charge in [0.25, 0.3) is 0 Å². The van der Waals surface area contributed by atoms with E-state index in [1.165, 1.54) is 10.4 Å². The van der Waals surface area contributed by atoms with Crippen molar-refractivity contribution in [3.05, 3.63) is 28.3 Å². The molecule has 0 spiro atoms. The number of halogens is 1. The number of nitrogens with zero attached hydrogens (tertiary/aromatic N) is 1. The molecule has 21 heavy (non-hydrogen) atoms. The molecule has 0 bridgehead atoms. The van der Waals surface area contributed by atoms with Crippen molar-refractivity contribution in [3.8, 4) is 0 Å². The zero-order valence-corrected chi connectivity index (χ0v) is 15.1. The maximum absolute atomic E-state index is 12.8. The zero-order chi connectivity index (χ0) is 16.2. The van der Waals surface area contributed by atoms with Crippen molar-refractivity contribution in [2.75, 3.05) is 19.1 Å². The third-order valence-corrected chi connectivity index (χ3v) is 6.58. The van der Waals surface area contributed by atoms with Gasteiger partial charge in [-0.05, 0) is 55.5 Å². The molecule has 120 valence electrons. The fraction of sp³-hybridized carbons (Fsp3) is 0.571. The lowest BCUT2D eigenvalue weighted by Crippen LogP contribution is -2.36. The highest BCUT2D eigenvalue weighted by Gasteiger charge is 2.27. The van der Waals surface area contributed by atoms with Gasteiger partial charge in [0, 0.05) is 18.1 Å². The van der Waals surface area contributed by atoms with Gasteiger partial charge < -0.3 is 5.11 Å². The second-order valence-electron chi connectivity index (χ2n) is 5.00. The summed E-state index contributed by atoms with van der Waals surface area (Å²) >= 11 is 7.67. The lowest BCUT2D eigenvalue weighted by atomic mass is 10.1. The summed E-state index contributed by atoms with van der Waals surface area (Å²) in [6.07, 6.45) is 2.78. The number of hydrogen-bond donors (Lipinski definition) is 1. The van der Waals surface area contributed by atoms with E-state index in [1.807, 2.05) is 13.2 Å². The normalized spacial score (nSPS) is 13.7. The lowest BCUT2D eigenvalue weighted by molar-refractivity contribution is 0.280. The second kappa shape index (κ2) is 7.83. The van der Waals surface area contributed by atoms with Crippen LogP contribution in [0.2, 0.25) is 5.02 Å². The van der Waals surface area contributed by atoms with E-state index < -0.39 is 10.0 Å². The summed E-state index contributed by atoms with van der Waals surface area (Å²) in [5, 5.41) is 9.64. The second-order valence-corrected chi connectivity index (χ2v) is 8.39. The fourth-order valence-corrected chi connectivity index (χ4v) is 4.57. The Morgan fingerprint density at radius 3 is 2.57 bits per heavy atom. The third-order valence-electron chi connectivity index (χ3n) is 3.62. The molecular formula is C14H22ClNO3S2. The molecule has 0 aliphatic carbocycles. The highest BCUT2D eigenvalue weighted by molar-refractivity contribution is 7.98. The highest BCUT2D eigenvalue weighted by Crippen LogP contribution is 2.28. The maximum Gasteiger partial charge on any atom is 0.243 e. The summed E-state index contributed by atoms with van der Waals surface area (Å²) in [5.41, 5.74) is 1.08. The standard InChI is InChI=1S/C14H22ClNO3S2/c1-10(5-6-20-4)16(3)21(18,19)14-8-13(15)7-12(9-17)11(14)2/h7-8,10,17H,5-6,9H2,1-4H3. The first kappa shape index (κ1) is 18.8. The number of aliphatic hydroxyl groups is 1. The van der Waals surface area contributed by atoms with E-state index in [0.29, 0.717) is 16.1 Å². The molecule has 1 aromatic carbocycles. The van der Waals surface area contributed by atoms with Crippen LogP contribution >= 0.6 is 23.4 Å². The Labute approximate surface area is 136 Å². The molecule has 1 unspecified atom stereocenters. The molecule has 1 atom stereocenters. The Bertz CT molecular complexity index is 590. The Hall–Kier alpha value is -0.270. The van der Waals surface area contributed by atoms with Crippen LogP contribution in [0.5, 0.6) is 0 Å². The van der Waals surface area contributed by atoms with Gasteiger partial charge in [-0.2, -0.15) is 16.1 Å². The number of hydrogen-bond acceptors (Lipinski definition) is 4. The summed E-state index contributed by atoms with van der Waals surface area (Å²) in [5.74, 6) is 0.900. The van der Waals surface area contributed by atoms with Crippen LogP contribution in [0, 0.1) is 6.92 Å². The van der Waals surface area contributed by atoms with E-state index in [0.717, 1.165) is 12.2 Å².